The van der Waals surface area contributed by atoms with Crippen LogP contribution in [0.4, 0.5) is 0 Å². The minimum Gasteiger partial charge on any atom is -0.462 e. The molecule has 0 heterocycles. The van der Waals surface area contributed by atoms with Crippen molar-refractivity contribution in [2.45, 2.75) is 414 Å². The van der Waals surface area contributed by atoms with Crippen molar-refractivity contribution < 1.29 is 80.2 Å². The second-order valence-electron chi connectivity index (χ2n) is 28.9. The zero-order chi connectivity index (χ0) is 70.9. The first kappa shape index (κ1) is 94.1. The van der Waals surface area contributed by atoms with Gasteiger partial charge in [-0.05, 0) is 43.4 Å². The Bertz CT molecular complexity index is 1870. The van der Waals surface area contributed by atoms with Crippen LogP contribution in [0.2, 0.25) is 0 Å². The van der Waals surface area contributed by atoms with E-state index >= 15 is 0 Å². The summed E-state index contributed by atoms with van der Waals surface area (Å²) < 4.78 is 68.5. The predicted octanol–water partition coefficient (Wildman–Crippen LogP) is 22.6. The van der Waals surface area contributed by atoms with Crippen molar-refractivity contribution in [3.05, 3.63) is 0 Å². The summed E-state index contributed by atoms with van der Waals surface area (Å²) in [6.45, 7) is 11.9. The van der Waals surface area contributed by atoms with E-state index in [9.17, 15) is 43.2 Å². The second-order valence-corrected chi connectivity index (χ2v) is 31.8. The molecule has 0 aliphatic rings. The molecule has 96 heavy (non-hydrogen) atoms. The van der Waals surface area contributed by atoms with E-state index < -0.39 is 97.5 Å². The van der Waals surface area contributed by atoms with Crippen molar-refractivity contribution in [2.75, 3.05) is 39.6 Å². The van der Waals surface area contributed by atoms with E-state index in [0.717, 1.165) is 108 Å². The average molecular weight is 1410 g/mol. The largest absolute Gasteiger partial charge is 0.472 e. The lowest BCUT2D eigenvalue weighted by Crippen LogP contribution is -2.30. The van der Waals surface area contributed by atoms with Crippen LogP contribution in [0.15, 0.2) is 0 Å². The normalized spacial score (nSPS) is 14.3. The molecule has 0 aliphatic heterocycles. The topological polar surface area (TPSA) is 237 Å². The van der Waals surface area contributed by atoms with Gasteiger partial charge in [0.2, 0.25) is 0 Å². The number of rotatable bonds is 75. The summed E-state index contributed by atoms with van der Waals surface area (Å²) in [4.78, 5) is 72.8. The highest BCUT2D eigenvalue weighted by molar-refractivity contribution is 7.47. The van der Waals surface area contributed by atoms with Gasteiger partial charge in [0.25, 0.3) is 0 Å². The number of phosphoric ester groups is 2. The van der Waals surface area contributed by atoms with E-state index in [-0.39, 0.29) is 25.7 Å². The maximum Gasteiger partial charge on any atom is 0.472 e. The third kappa shape index (κ3) is 69.2. The number of aliphatic hydroxyl groups excluding tert-OH is 1. The van der Waals surface area contributed by atoms with E-state index in [2.05, 4.69) is 48.5 Å². The molecule has 0 aliphatic carbocycles. The van der Waals surface area contributed by atoms with Gasteiger partial charge in [-0.1, -0.05) is 344 Å². The third-order valence-electron chi connectivity index (χ3n) is 18.2. The summed E-state index contributed by atoms with van der Waals surface area (Å²) in [6, 6.07) is 0. The zero-order valence-corrected chi connectivity index (χ0v) is 64.6. The Morgan fingerprint density at radius 1 is 0.302 bits per heavy atom. The van der Waals surface area contributed by atoms with Crippen LogP contribution in [0, 0.1) is 17.8 Å². The Hall–Kier alpha value is -1.94. The fourth-order valence-corrected chi connectivity index (χ4v) is 13.3. The van der Waals surface area contributed by atoms with Crippen molar-refractivity contribution in [1.82, 2.24) is 0 Å². The van der Waals surface area contributed by atoms with E-state index in [0.29, 0.717) is 31.6 Å². The summed E-state index contributed by atoms with van der Waals surface area (Å²) in [5.74, 6) is 0.176. The molecule has 6 atom stereocenters. The first-order chi connectivity index (χ1) is 46.3. The van der Waals surface area contributed by atoms with Crippen molar-refractivity contribution in [3.63, 3.8) is 0 Å². The lowest BCUT2D eigenvalue weighted by molar-refractivity contribution is -0.161. The van der Waals surface area contributed by atoms with E-state index in [1.54, 1.807) is 0 Å². The van der Waals surface area contributed by atoms with Crippen LogP contribution in [0.3, 0.4) is 0 Å². The highest BCUT2D eigenvalue weighted by atomic mass is 31.2. The molecule has 3 unspecified atom stereocenters. The summed E-state index contributed by atoms with van der Waals surface area (Å²) in [7, 11) is -9.91. The van der Waals surface area contributed by atoms with Gasteiger partial charge in [0, 0.05) is 25.7 Å². The maximum atomic E-state index is 13.1. The molecule has 0 aromatic carbocycles. The number of aliphatic hydroxyl groups is 1. The number of esters is 4. The van der Waals surface area contributed by atoms with Gasteiger partial charge in [0.05, 0.1) is 26.4 Å². The Morgan fingerprint density at radius 2 is 0.531 bits per heavy atom. The van der Waals surface area contributed by atoms with Gasteiger partial charge in [-0.2, -0.15) is 0 Å². The Balaban J connectivity index is 5.21. The van der Waals surface area contributed by atoms with Crippen LogP contribution in [-0.2, 0) is 65.4 Å². The lowest BCUT2D eigenvalue weighted by atomic mass is 9.99. The van der Waals surface area contributed by atoms with Crippen molar-refractivity contribution in [3.8, 4) is 0 Å². The highest BCUT2D eigenvalue weighted by Gasteiger charge is 2.30. The second kappa shape index (κ2) is 67.5. The number of phosphoric acid groups is 2. The molecular formula is C77H150O17P2. The van der Waals surface area contributed by atoms with Crippen LogP contribution >= 0.6 is 15.6 Å². The molecule has 0 amide bonds. The standard InChI is InChI=1S/C77H150O17P2/c1-8-10-11-12-13-14-15-22-26-29-37-44-51-58-74(79)87-64-72(93-76(81)60-53-46-38-30-27-24-21-19-17-16-18-20-23-25-28-34-41-48-55-68(3)4)66-91-95(83,84)89-62-71(78)63-90-96(85,86)92-67-73(65-88-75(80)59-52-45-40-33-35-42-49-56-69(5)6)94-77(82)61-54-47-39-32-31-36-43-50-57-70(7)9-2/h68-73,78H,8-67H2,1-7H3,(H,83,84)(H,85,86)/t70?,71-,72-,73-/m1/s1. The van der Waals surface area contributed by atoms with Crippen molar-refractivity contribution in [2.24, 2.45) is 17.8 Å². The molecule has 0 rings (SSSR count). The Morgan fingerprint density at radius 3 is 0.792 bits per heavy atom. The Kier molecular flexibility index (Phi) is 66.2. The molecule has 570 valence electrons. The van der Waals surface area contributed by atoms with Crippen LogP contribution in [0.5, 0.6) is 0 Å². The molecule has 19 heteroatoms. The SMILES string of the molecule is CCCCCCCCCCCCCCCC(=O)OC[C@H](COP(=O)(O)OC[C@@H](O)COP(=O)(O)OC[C@@H](COC(=O)CCCCCCCCCC(C)C)OC(=O)CCCCCCCCCCC(C)CC)OC(=O)CCCCCCCCCCCCCCCCCCCCC(C)C. The van der Waals surface area contributed by atoms with E-state index in [1.807, 2.05) is 0 Å². The van der Waals surface area contributed by atoms with Gasteiger partial charge in [-0.25, -0.2) is 9.13 Å². The molecule has 0 radical (unpaired) electrons. The molecule has 3 N–H and O–H groups in total. The maximum absolute atomic E-state index is 13.1. The number of hydrogen-bond donors (Lipinski definition) is 3. The van der Waals surface area contributed by atoms with Gasteiger partial charge in [-0.3, -0.25) is 37.3 Å². The molecule has 0 spiro atoms. The van der Waals surface area contributed by atoms with Gasteiger partial charge in [-0.15, -0.1) is 0 Å². The van der Waals surface area contributed by atoms with Crippen LogP contribution in [0.1, 0.15) is 395 Å². The average Bonchev–Trinajstić information content (AvgIpc) is 2.82. The zero-order valence-electron chi connectivity index (χ0n) is 62.8. The molecule has 0 fully saturated rings. The van der Waals surface area contributed by atoms with Crippen LogP contribution < -0.4 is 0 Å². The quantitative estimate of drug-likeness (QED) is 0.0222. The monoisotopic (exact) mass is 1410 g/mol. The van der Waals surface area contributed by atoms with Gasteiger partial charge in [0.15, 0.2) is 12.2 Å². The molecule has 0 aromatic rings. The van der Waals surface area contributed by atoms with Crippen LogP contribution in [-0.4, -0.2) is 96.7 Å². The summed E-state index contributed by atoms with van der Waals surface area (Å²) in [5.41, 5.74) is 0. The van der Waals surface area contributed by atoms with Gasteiger partial charge < -0.3 is 33.8 Å². The summed E-state index contributed by atoms with van der Waals surface area (Å²) >= 11 is 0. The summed E-state index contributed by atoms with van der Waals surface area (Å²) in [5, 5.41) is 10.6. The predicted molar refractivity (Wildman–Crippen MR) is 391 cm³/mol. The molecule has 17 nitrogen and oxygen atoms in total. The first-order valence-corrected chi connectivity index (χ1v) is 42.9. The Labute approximate surface area is 588 Å². The van der Waals surface area contributed by atoms with Gasteiger partial charge >= 0.3 is 39.5 Å². The third-order valence-corrected chi connectivity index (χ3v) is 20.1. The van der Waals surface area contributed by atoms with Gasteiger partial charge in [0.1, 0.15) is 19.3 Å². The molecular weight excluding hydrogens is 1260 g/mol. The lowest BCUT2D eigenvalue weighted by Gasteiger charge is -2.21. The van der Waals surface area contributed by atoms with E-state index in [4.69, 9.17) is 37.0 Å². The minimum absolute atomic E-state index is 0.104. The molecule has 0 bridgehead atoms. The number of carbonyl (C=O) groups excluding carboxylic acids is 4. The number of hydrogen-bond acceptors (Lipinski definition) is 15. The molecule has 0 saturated carbocycles. The van der Waals surface area contributed by atoms with Crippen LogP contribution in [0.25, 0.3) is 0 Å². The first-order valence-electron chi connectivity index (χ1n) is 39.9. The molecule has 0 aromatic heterocycles. The smallest absolute Gasteiger partial charge is 0.462 e. The number of unbranched alkanes of at least 4 members (excludes halogenated alkanes) is 42. The van der Waals surface area contributed by atoms with Crippen molar-refractivity contribution >= 4 is 39.5 Å². The molecule has 0 saturated heterocycles. The van der Waals surface area contributed by atoms with Crippen molar-refractivity contribution in [1.29, 1.82) is 0 Å². The fourth-order valence-electron chi connectivity index (χ4n) is 11.7. The minimum atomic E-state index is -4.96. The summed E-state index contributed by atoms with van der Waals surface area (Å²) in [6.07, 6.45) is 54.2. The van der Waals surface area contributed by atoms with E-state index in [1.165, 1.54) is 199 Å². The fraction of sp³-hybridized carbons (Fsp3) is 0.948. The number of carbonyl (C=O) groups is 4. The number of ether oxygens (including phenoxy) is 4. The highest BCUT2D eigenvalue weighted by Crippen LogP contribution is 2.45.